The lowest BCUT2D eigenvalue weighted by Crippen LogP contribution is -2.36. The van der Waals surface area contributed by atoms with Crippen molar-refractivity contribution in [3.8, 4) is 0 Å². The fourth-order valence-electron chi connectivity index (χ4n) is 2.43. The SMILES string of the molecule is CN1CCCCC1CCSc1cc(C(=O)O)ccn1. The van der Waals surface area contributed by atoms with Crippen molar-refractivity contribution < 1.29 is 9.90 Å². The minimum Gasteiger partial charge on any atom is -0.478 e. The topological polar surface area (TPSA) is 53.4 Å². The van der Waals surface area contributed by atoms with E-state index in [9.17, 15) is 4.79 Å². The van der Waals surface area contributed by atoms with Crippen molar-refractivity contribution >= 4 is 17.7 Å². The molecule has 0 spiro atoms. The van der Waals surface area contributed by atoms with Gasteiger partial charge in [-0.2, -0.15) is 0 Å². The third kappa shape index (κ3) is 4.21. The van der Waals surface area contributed by atoms with Crippen molar-refractivity contribution in [3.63, 3.8) is 0 Å². The van der Waals surface area contributed by atoms with Gasteiger partial charge in [-0.05, 0) is 45.0 Å². The highest BCUT2D eigenvalue weighted by atomic mass is 32.2. The Morgan fingerprint density at radius 1 is 1.58 bits per heavy atom. The second-order valence-electron chi connectivity index (χ2n) is 4.96. The van der Waals surface area contributed by atoms with Crippen molar-refractivity contribution in [2.75, 3.05) is 19.3 Å². The van der Waals surface area contributed by atoms with E-state index in [2.05, 4.69) is 16.9 Å². The van der Waals surface area contributed by atoms with E-state index in [1.54, 1.807) is 24.0 Å². The molecule has 0 amide bonds. The molecule has 1 aromatic heterocycles. The summed E-state index contributed by atoms with van der Waals surface area (Å²) in [5, 5.41) is 9.73. The third-order valence-corrected chi connectivity index (χ3v) is 4.56. The minimum absolute atomic E-state index is 0.312. The average Bonchev–Trinajstić information content (AvgIpc) is 2.41. The molecule has 1 aliphatic rings. The number of hydrogen-bond acceptors (Lipinski definition) is 4. The maximum Gasteiger partial charge on any atom is 0.335 e. The molecule has 2 rings (SSSR count). The lowest BCUT2D eigenvalue weighted by atomic mass is 10.0. The van der Waals surface area contributed by atoms with Crippen LogP contribution in [-0.4, -0.2) is 46.3 Å². The van der Waals surface area contributed by atoms with Crippen molar-refractivity contribution in [1.82, 2.24) is 9.88 Å². The van der Waals surface area contributed by atoms with Crippen LogP contribution in [0.2, 0.25) is 0 Å². The molecule has 5 heteroatoms. The Labute approximate surface area is 118 Å². The van der Waals surface area contributed by atoms with E-state index in [0.29, 0.717) is 11.6 Å². The molecule has 1 saturated heterocycles. The summed E-state index contributed by atoms with van der Waals surface area (Å²) in [6.07, 6.45) is 6.62. The van der Waals surface area contributed by atoms with E-state index in [4.69, 9.17) is 5.11 Å². The van der Waals surface area contributed by atoms with Gasteiger partial charge >= 0.3 is 5.97 Å². The Morgan fingerprint density at radius 2 is 2.42 bits per heavy atom. The van der Waals surface area contributed by atoms with Gasteiger partial charge in [0.15, 0.2) is 0 Å². The Hall–Kier alpha value is -1.07. The van der Waals surface area contributed by atoms with E-state index in [0.717, 1.165) is 17.2 Å². The second-order valence-corrected chi connectivity index (χ2v) is 6.07. The first-order chi connectivity index (χ1) is 9.16. The molecule has 1 fully saturated rings. The van der Waals surface area contributed by atoms with Gasteiger partial charge in [0.1, 0.15) is 0 Å². The molecule has 104 valence electrons. The van der Waals surface area contributed by atoms with E-state index < -0.39 is 5.97 Å². The molecule has 1 aromatic rings. The summed E-state index contributed by atoms with van der Waals surface area (Å²) in [4.78, 5) is 17.5. The van der Waals surface area contributed by atoms with E-state index in [1.807, 2.05) is 0 Å². The fraction of sp³-hybridized carbons (Fsp3) is 0.571. The lowest BCUT2D eigenvalue weighted by Gasteiger charge is -2.32. The van der Waals surface area contributed by atoms with Crippen LogP contribution in [0.15, 0.2) is 23.4 Å². The highest BCUT2D eigenvalue weighted by Crippen LogP contribution is 2.23. The number of carboxylic acids is 1. The highest BCUT2D eigenvalue weighted by molar-refractivity contribution is 7.99. The van der Waals surface area contributed by atoms with Crippen LogP contribution in [-0.2, 0) is 0 Å². The Balaban J connectivity index is 1.82. The van der Waals surface area contributed by atoms with Crippen LogP contribution in [0, 0.1) is 0 Å². The number of aromatic carboxylic acids is 1. The zero-order valence-electron chi connectivity index (χ0n) is 11.2. The molecule has 19 heavy (non-hydrogen) atoms. The maximum absolute atomic E-state index is 10.9. The van der Waals surface area contributed by atoms with Gasteiger partial charge in [-0.25, -0.2) is 9.78 Å². The van der Waals surface area contributed by atoms with Crippen molar-refractivity contribution in [2.45, 2.75) is 36.8 Å². The van der Waals surface area contributed by atoms with Crippen LogP contribution in [0.3, 0.4) is 0 Å². The number of carbonyl (C=O) groups is 1. The summed E-state index contributed by atoms with van der Waals surface area (Å²) in [6, 6.07) is 3.85. The predicted octanol–water partition coefficient (Wildman–Crippen LogP) is 2.75. The van der Waals surface area contributed by atoms with Crippen LogP contribution in [0.25, 0.3) is 0 Å². The summed E-state index contributed by atoms with van der Waals surface area (Å²) >= 11 is 1.65. The zero-order valence-corrected chi connectivity index (χ0v) is 12.0. The number of carboxylic acid groups (broad SMARTS) is 1. The smallest absolute Gasteiger partial charge is 0.335 e. The molecule has 0 saturated carbocycles. The number of nitrogens with zero attached hydrogens (tertiary/aromatic N) is 2. The van der Waals surface area contributed by atoms with Gasteiger partial charge < -0.3 is 10.0 Å². The molecule has 2 heterocycles. The summed E-state index contributed by atoms with van der Waals surface area (Å²) in [6.45, 7) is 1.20. The standard InChI is InChI=1S/C14H20N2O2S/c1-16-8-3-2-4-12(16)6-9-19-13-10-11(14(17)18)5-7-15-13/h5,7,10,12H,2-4,6,8-9H2,1H3,(H,17,18). The summed E-state index contributed by atoms with van der Waals surface area (Å²) in [7, 11) is 2.19. The molecule has 0 aliphatic carbocycles. The second kappa shape index (κ2) is 6.91. The van der Waals surface area contributed by atoms with Gasteiger partial charge in [-0.15, -0.1) is 11.8 Å². The zero-order chi connectivity index (χ0) is 13.7. The molecular weight excluding hydrogens is 260 g/mol. The molecule has 0 bridgehead atoms. The predicted molar refractivity (Wildman–Crippen MR) is 76.8 cm³/mol. The summed E-state index contributed by atoms with van der Waals surface area (Å²) in [5.74, 6) is 0.0988. The molecular formula is C14H20N2O2S. The van der Waals surface area contributed by atoms with Gasteiger partial charge in [-0.3, -0.25) is 0 Å². The Kier molecular flexibility index (Phi) is 5.22. The summed E-state index contributed by atoms with van der Waals surface area (Å²) < 4.78 is 0. The number of likely N-dealkylation sites (tertiary alicyclic amines) is 1. The minimum atomic E-state index is -0.892. The first-order valence-corrected chi connectivity index (χ1v) is 7.68. The first-order valence-electron chi connectivity index (χ1n) is 6.69. The Morgan fingerprint density at radius 3 is 3.16 bits per heavy atom. The molecule has 1 N–H and O–H groups in total. The number of pyridine rings is 1. The van der Waals surface area contributed by atoms with Crippen molar-refractivity contribution in [1.29, 1.82) is 0 Å². The van der Waals surface area contributed by atoms with Crippen LogP contribution in [0.1, 0.15) is 36.0 Å². The quantitative estimate of drug-likeness (QED) is 0.841. The van der Waals surface area contributed by atoms with Crippen LogP contribution in [0.5, 0.6) is 0 Å². The highest BCUT2D eigenvalue weighted by Gasteiger charge is 2.18. The largest absolute Gasteiger partial charge is 0.478 e. The monoisotopic (exact) mass is 280 g/mol. The van der Waals surface area contributed by atoms with E-state index >= 15 is 0 Å². The summed E-state index contributed by atoms with van der Waals surface area (Å²) in [5.41, 5.74) is 0.312. The normalized spacial score (nSPS) is 20.4. The van der Waals surface area contributed by atoms with Gasteiger partial charge in [0.2, 0.25) is 0 Å². The molecule has 0 aromatic carbocycles. The number of aromatic nitrogens is 1. The molecule has 1 unspecified atom stereocenters. The first kappa shape index (κ1) is 14.3. The number of piperidine rings is 1. The molecule has 1 aliphatic heterocycles. The molecule has 0 radical (unpaired) electrons. The number of thioether (sulfide) groups is 1. The molecule has 4 nitrogen and oxygen atoms in total. The fourth-order valence-corrected chi connectivity index (χ4v) is 3.37. The van der Waals surface area contributed by atoms with Crippen molar-refractivity contribution in [2.24, 2.45) is 0 Å². The van der Waals surface area contributed by atoms with Gasteiger partial charge in [0.05, 0.1) is 10.6 Å². The van der Waals surface area contributed by atoms with Gasteiger partial charge in [0.25, 0.3) is 0 Å². The van der Waals surface area contributed by atoms with E-state index in [-0.39, 0.29) is 0 Å². The number of rotatable bonds is 5. The van der Waals surface area contributed by atoms with Crippen LogP contribution < -0.4 is 0 Å². The molecule has 1 atom stereocenters. The van der Waals surface area contributed by atoms with E-state index in [1.165, 1.54) is 31.9 Å². The van der Waals surface area contributed by atoms with Crippen LogP contribution >= 0.6 is 11.8 Å². The maximum atomic E-state index is 10.9. The van der Waals surface area contributed by atoms with Crippen LogP contribution in [0.4, 0.5) is 0 Å². The lowest BCUT2D eigenvalue weighted by molar-refractivity contribution is 0.0696. The number of hydrogen-bond donors (Lipinski definition) is 1. The third-order valence-electron chi connectivity index (χ3n) is 3.60. The van der Waals surface area contributed by atoms with Gasteiger partial charge in [0, 0.05) is 18.0 Å². The van der Waals surface area contributed by atoms with Crippen molar-refractivity contribution in [3.05, 3.63) is 23.9 Å². The van der Waals surface area contributed by atoms with Gasteiger partial charge in [-0.1, -0.05) is 6.42 Å². The average molecular weight is 280 g/mol. The Bertz CT molecular complexity index is 439.